The average Bonchev–Trinajstić information content (AvgIpc) is 3.67. The van der Waals surface area contributed by atoms with E-state index < -0.39 is 5.92 Å². The number of hydrogen-bond donors (Lipinski definition) is 1. The highest BCUT2D eigenvalue weighted by Crippen LogP contribution is 2.43. The van der Waals surface area contributed by atoms with E-state index in [9.17, 15) is 9.59 Å². The Morgan fingerprint density at radius 2 is 1.65 bits per heavy atom. The molecule has 2 aliphatic heterocycles. The number of piperidine rings is 1. The Balaban J connectivity index is 1.34. The maximum atomic E-state index is 13.9. The summed E-state index contributed by atoms with van der Waals surface area (Å²) in [5, 5.41) is 13.1. The van der Waals surface area contributed by atoms with Crippen LogP contribution in [0.2, 0.25) is 0 Å². The lowest BCUT2D eigenvalue weighted by atomic mass is 9.67. The van der Waals surface area contributed by atoms with Crippen LogP contribution in [0.15, 0.2) is 125 Å². The molecule has 7 nitrogen and oxygen atoms in total. The molecule has 1 N–H and O–H groups in total. The number of carbonyl (C=O) groups is 2. The summed E-state index contributed by atoms with van der Waals surface area (Å²) in [5.41, 5.74) is 5.84. The van der Waals surface area contributed by atoms with Crippen molar-refractivity contribution in [2.75, 3.05) is 0 Å². The molecule has 3 aromatic carbocycles. The van der Waals surface area contributed by atoms with Gasteiger partial charge in [0.25, 0.3) is 0 Å². The Morgan fingerprint density at radius 1 is 0.977 bits per heavy atom. The van der Waals surface area contributed by atoms with E-state index in [1.165, 1.54) is 11.6 Å². The zero-order valence-corrected chi connectivity index (χ0v) is 25.1. The van der Waals surface area contributed by atoms with Crippen LogP contribution in [-0.2, 0) is 9.59 Å². The van der Waals surface area contributed by atoms with Crippen LogP contribution >= 0.6 is 15.9 Å². The van der Waals surface area contributed by atoms with Gasteiger partial charge in [-0.1, -0.05) is 113 Å². The number of hydrogen-bond acceptors (Lipinski definition) is 4. The van der Waals surface area contributed by atoms with Crippen LogP contribution in [0.1, 0.15) is 30.4 Å². The van der Waals surface area contributed by atoms with Crippen LogP contribution in [0, 0.1) is 11.8 Å². The van der Waals surface area contributed by atoms with Crippen LogP contribution in [0.25, 0.3) is 16.9 Å². The Hall–Kier alpha value is -4.69. The number of hydrazone groups is 1. The number of carbonyl (C=O) groups excluding carboxylic acids is 2. The van der Waals surface area contributed by atoms with Gasteiger partial charge in [-0.05, 0) is 22.4 Å². The fourth-order valence-electron chi connectivity index (χ4n) is 6.45. The van der Waals surface area contributed by atoms with E-state index in [1.54, 1.807) is 0 Å². The van der Waals surface area contributed by atoms with Crippen LogP contribution in [0.4, 0.5) is 0 Å². The van der Waals surface area contributed by atoms with Gasteiger partial charge in [0.1, 0.15) is 11.4 Å². The monoisotopic (exact) mass is 630 g/mol. The first-order valence-electron chi connectivity index (χ1n) is 14.3. The molecule has 4 unspecified atom stereocenters. The second kappa shape index (κ2) is 11.2. The van der Waals surface area contributed by atoms with Crippen molar-refractivity contribution >= 4 is 39.2 Å². The van der Waals surface area contributed by atoms with Gasteiger partial charge in [0.05, 0.1) is 36.6 Å². The Kier molecular flexibility index (Phi) is 7.07. The van der Waals surface area contributed by atoms with Gasteiger partial charge in [-0.3, -0.25) is 4.79 Å². The molecule has 3 aliphatic rings. The minimum Gasteiger partial charge on any atom is -0.349 e. The van der Waals surface area contributed by atoms with E-state index >= 15 is 0 Å². The number of benzene rings is 3. The molecule has 212 valence electrons. The number of allylic oxidation sites excluding steroid dienone is 2. The van der Waals surface area contributed by atoms with Crippen LogP contribution in [-0.4, -0.2) is 43.7 Å². The Labute approximate surface area is 258 Å². The van der Waals surface area contributed by atoms with Gasteiger partial charge in [0.2, 0.25) is 11.6 Å². The van der Waals surface area contributed by atoms with Crippen molar-refractivity contribution in [3.63, 3.8) is 0 Å². The van der Waals surface area contributed by atoms with Gasteiger partial charge < -0.3 is 5.32 Å². The fraction of sp³-hybridized carbons (Fsp3) is 0.171. The molecule has 1 aliphatic carbocycles. The minimum atomic E-state index is -0.560. The van der Waals surface area contributed by atoms with Crippen molar-refractivity contribution in [3.8, 4) is 16.9 Å². The van der Waals surface area contributed by atoms with Crippen molar-refractivity contribution < 1.29 is 14.3 Å². The van der Waals surface area contributed by atoms with E-state index in [1.807, 2.05) is 102 Å². The summed E-state index contributed by atoms with van der Waals surface area (Å²) in [4.78, 5) is 27.0. The number of fused-ring (bicyclic) bond motifs is 1. The molecule has 3 heterocycles. The fourth-order valence-corrected chi connectivity index (χ4v) is 6.90. The normalized spacial score (nSPS) is 23.0. The molecule has 4 atom stereocenters. The van der Waals surface area contributed by atoms with E-state index in [-0.39, 0.29) is 29.7 Å². The number of para-hydroxylation sites is 1. The third-order valence-corrected chi connectivity index (χ3v) is 8.89. The highest BCUT2D eigenvalue weighted by Gasteiger charge is 2.50. The van der Waals surface area contributed by atoms with E-state index in [0.29, 0.717) is 17.8 Å². The Bertz CT molecular complexity index is 1840. The van der Waals surface area contributed by atoms with E-state index in [0.717, 1.165) is 32.6 Å². The number of rotatable bonds is 5. The Morgan fingerprint density at radius 3 is 2.35 bits per heavy atom. The second-order valence-corrected chi connectivity index (χ2v) is 11.9. The quantitative estimate of drug-likeness (QED) is 0.274. The maximum absolute atomic E-state index is 13.9. The van der Waals surface area contributed by atoms with Crippen molar-refractivity contribution in [1.29, 1.82) is 0 Å². The summed E-state index contributed by atoms with van der Waals surface area (Å²) >= 11 is 3.65. The first-order chi connectivity index (χ1) is 21.0. The predicted octanol–water partition coefficient (Wildman–Crippen LogP) is 6.01. The van der Waals surface area contributed by atoms with Gasteiger partial charge in [-0.2, -0.15) is 5.10 Å². The molecule has 4 aromatic rings. The number of halogens is 1. The molecule has 43 heavy (non-hydrogen) atoms. The molecular weight excluding hydrogens is 602 g/mol. The van der Waals surface area contributed by atoms with Crippen molar-refractivity contribution in [1.82, 2.24) is 15.1 Å². The summed E-state index contributed by atoms with van der Waals surface area (Å²) in [6.07, 6.45) is 8.50. The molecule has 0 radical (unpaired) electrons. The number of nitrogens with zero attached hydrogens (tertiary/aromatic N) is 4. The summed E-state index contributed by atoms with van der Waals surface area (Å²) in [6, 6.07) is 29.9. The largest absolute Gasteiger partial charge is 0.414 e. The maximum Gasteiger partial charge on any atom is 0.414 e. The summed E-state index contributed by atoms with van der Waals surface area (Å²) in [6.45, 7) is 1.51. The summed E-state index contributed by atoms with van der Waals surface area (Å²) in [5.74, 6) is -1.01. The lowest BCUT2D eigenvalue weighted by Crippen LogP contribution is -2.54. The predicted molar refractivity (Wildman–Crippen MR) is 170 cm³/mol. The molecule has 1 saturated heterocycles. The van der Waals surface area contributed by atoms with Crippen LogP contribution in [0.3, 0.4) is 0 Å². The third kappa shape index (κ3) is 5.02. The topological polar surface area (TPSA) is 79.4 Å². The zero-order valence-electron chi connectivity index (χ0n) is 23.5. The number of aromatic nitrogens is 2. The first-order valence-corrected chi connectivity index (χ1v) is 15.1. The molecule has 0 saturated carbocycles. The second-order valence-electron chi connectivity index (χ2n) is 11.0. The standard InChI is InChI=1S/C35H28BrN5O2/c1-22(42)41-31(28-21-40(26-15-9-4-10-16-26)39-34(28)24-13-7-3-8-14-24)20-30(38-41)33-32(23-11-5-2-6-12-23)27-19-25(36)17-18-29(27)37-35(33)43/h2-19,21,27,29,32-33H,20H2,1H3/p+1. The number of nitrogens with one attached hydrogen (secondary N) is 1. The molecule has 1 fully saturated rings. The lowest BCUT2D eigenvalue weighted by Gasteiger charge is -2.42. The summed E-state index contributed by atoms with van der Waals surface area (Å²) in [7, 11) is 0. The molecule has 1 aromatic heterocycles. The molecular formula is C35H29BrN5O2+. The lowest BCUT2D eigenvalue weighted by molar-refractivity contribution is -0.448. The van der Waals surface area contributed by atoms with Gasteiger partial charge in [-0.15, -0.1) is 0 Å². The highest BCUT2D eigenvalue weighted by molar-refractivity contribution is 9.11. The van der Waals surface area contributed by atoms with Crippen LogP contribution < -0.4 is 5.32 Å². The first kappa shape index (κ1) is 27.2. The van der Waals surface area contributed by atoms with E-state index in [2.05, 4.69) is 39.5 Å². The zero-order chi connectivity index (χ0) is 29.5. The van der Waals surface area contributed by atoms with Crippen molar-refractivity contribution in [2.24, 2.45) is 16.9 Å². The molecule has 7 rings (SSSR count). The summed E-state index contributed by atoms with van der Waals surface area (Å²) < 4.78 is 4.28. The van der Waals surface area contributed by atoms with Gasteiger partial charge in [-0.25, -0.2) is 9.48 Å². The SMILES string of the molecule is CC(=O)[N+]1=C(c2cn(-c3ccccc3)nc2-c2ccccc2)CC(C2C(=O)NC3C=CC(Br)=CC3C2c2ccccc2)=N1. The molecule has 0 spiro atoms. The van der Waals surface area contributed by atoms with Crippen molar-refractivity contribution in [2.45, 2.75) is 25.3 Å². The highest BCUT2D eigenvalue weighted by atomic mass is 79.9. The minimum absolute atomic E-state index is 0.0164. The van der Waals surface area contributed by atoms with Gasteiger partial charge >= 0.3 is 5.91 Å². The average molecular weight is 632 g/mol. The smallest absolute Gasteiger partial charge is 0.349 e. The van der Waals surface area contributed by atoms with Gasteiger partial charge in [0, 0.05) is 33.2 Å². The van der Waals surface area contributed by atoms with E-state index in [4.69, 9.17) is 10.2 Å². The number of amides is 2. The molecule has 8 heteroatoms. The third-order valence-electron chi connectivity index (χ3n) is 8.36. The van der Waals surface area contributed by atoms with Gasteiger partial charge in [0.15, 0.2) is 0 Å². The van der Waals surface area contributed by atoms with Crippen molar-refractivity contribution in [3.05, 3.63) is 131 Å². The van der Waals surface area contributed by atoms with Crippen LogP contribution in [0.5, 0.6) is 0 Å². The molecule has 2 amide bonds. The molecule has 0 bridgehead atoms.